The Hall–Kier alpha value is -2.78. The zero-order valence-corrected chi connectivity index (χ0v) is 12.9. The molecule has 0 aliphatic carbocycles. The molecule has 112 valence electrons. The number of benzene rings is 2. The highest BCUT2D eigenvalue weighted by Gasteiger charge is 2.14. The molecule has 2 N–H and O–H groups in total. The number of nitrogens with one attached hydrogen (secondary N) is 1. The Balaban J connectivity index is 1.99. The van der Waals surface area contributed by atoms with Gasteiger partial charge in [-0.2, -0.15) is 0 Å². The number of halogens is 1. The van der Waals surface area contributed by atoms with Crippen LogP contribution in [0.15, 0.2) is 66.7 Å². The number of fused-ring (bicyclic) bond motifs is 1. The smallest absolute Gasteiger partial charge is 0.131 e. The van der Waals surface area contributed by atoms with Gasteiger partial charge in [-0.1, -0.05) is 54.1 Å². The molecule has 0 aliphatic rings. The van der Waals surface area contributed by atoms with Crippen molar-refractivity contribution in [3.63, 3.8) is 0 Å². The number of pyridine rings is 1. The molecule has 23 heavy (non-hydrogen) atoms. The Bertz CT molecular complexity index is 993. The highest BCUT2D eigenvalue weighted by molar-refractivity contribution is 6.30. The average Bonchev–Trinajstić information content (AvgIpc) is 2.99. The second-order valence-electron chi connectivity index (χ2n) is 5.32. The predicted molar refractivity (Wildman–Crippen MR) is 93.6 cm³/mol. The van der Waals surface area contributed by atoms with Crippen LogP contribution in [0.4, 0.5) is 0 Å². The summed E-state index contributed by atoms with van der Waals surface area (Å²) in [7, 11) is 0. The van der Waals surface area contributed by atoms with Crippen LogP contribution >= 0.6 is 11.6 Å². The maximum absolute atomic E-state index is 10.1. The van der Waals surface area contributed by atoms with Crippen molar-refractivity contribution >= 4 is 22.5 Å². The number of rotatable bonds is 2. The van der Waals surface area contributed by atoms with Crippen molar-refractivity contribution in [1.29, 1.82) is 0 Å². The Kier molecular flexibility index (Phi) is 3.28. The van der Waals surface area contributed by atoms with Crippen LogP contribution < -0.4 is 0 Å². The van der Waals surface area contributed by atoms with Gasteiger partial charge in [0.2, 0.25) is 0 Å². The second kappa shape index (κ2) is 5.45. The minimum absolute atomic E-state index is 0.186. The van der Waals surface area contributed by atoms with Crippen LogP contribution in [-0.2, 0) is 0 Å². The maximum atomic E-state index is 10.1. The summed E-state index contributed by atoms with van der Waals surface area (Å²) in [6, 6.07) is 21.0. The largest absolute Gasteiger partial charge is 0.507 e. The molecule has 4 rings (SSSR count). The van der Waals surface area contributed by atoms with Crippen molar-refractivity contribution in [3.8, 4) is 28.3 Å². The van der Waals surface area contributed by atoms with Crippen molar-refractivity contribution in [1.82, 2.24) is 9.97 Å². The third-order valence-electron chi connectivity index (χ3n) is 3.83. The molecule has 0 fully saturated rings. The topological polar surface area (TPSA) is 48.9 Å². The minimum Gasteiger partial charge on any atom is -0.507 e. The first-order chi connectivity index (χ1) is 11.2. The van der Waals surface area contributed by atoms with Crippen molar-refractivity contribution in [2.45, 2.75) is 0 Å². The van der Waals surface area contributed by atoms with Gasteiger partial charge < -0.3 is 10.1 Å². The number of aromatic nitrogens is 2. The molecule has 4 heteroatoms. The summed E-state index contributed by atoms with van der Waals surface area (Å²) in [4.78, 5) is 7.80. The normalized spacial score (nSPS) is 11.0. The molecular weight excluding hydrogens is 308 g/mol. The molecule has 2 heterocycles. The number of H-pyrrole nitrogens is 1. The van der Waals surface area contributed by atoms with E-state index in [0.29, 0.717) is 16.4 Å². The van der Waals surface area contributed by atoms with Crippen LogP contribution in [-0.4, -0.2) is 15.1 Å². The van der Waals surface area contributed by atoms with Crippen molar-refractivity contribution in [3.05, 3.63) is 71.9 Å². The molecule has 0 atom stereocenters. The SMILES string of the molecule is Oc1ccccc1-c1nc(Cl)cc2[nH]c(-c3ccccc3)cc12. The minimum atomic E-state index is 0.186. The first-order valence-corrected chi connectivity index (χ1v) is 7.63. The summed E-state index contributed by atoms with van der Waals surface area (Å²) < 4.78 is 0. The molecule has 3 nitrogen and oxygen atoms in total. The summed E-state index contributed by atoms with van der Waals surface area (Å²) in [5.41, 5.74) is 4.30. The first-order valence-electron chi connectivity index (χ1n) is 7.25. The Morgan fingerprint density at radius 3 is 2.43 bits per heavy atom. The summed E-state index contributed by atoms with van der Waals surface area (Å²) in [5.74, 6) is 0.186. The van der Waals surface area contributed by atoms with Crippen LogP contribution in [0.1, 0.15) is 0 Å². The van der Waals surface area contributed by atoms with Crippen LogP contribution in [0.2, 0.25) is 5.15 Å². The number of para-hydroxylation sites is 1. The average molecular weight is 321 g/mol. The van der Waals surface area contributed by atoms with E-state index in [1.54, 1.807) is 18.2 Å². The lowest BCUT2D eigenvalue weighted by atomic mass is 10.1. The number of hydrogen-bond acceptors (Lipinski definition) is 2. The molecule has 2 aromatic heterocycles. The first kappa shape index (κ1) is 13.9. The second-order valence-corrected chi connectivity index (χ2v) is 5.71. The van der Waals surface area contributed by atoms with E-state index in [1.165, 1.54) is 0 Å². The van der Waals surface area contributed by atoms with E-state index in [4.69, 9.17) is 11.6 Å². The van der Waals surface area contributed by atoms with E-state index in [0.717, 1.165) is 22.2 Å². The number of nitrogens with zero attached hydrogens (tertiary/aromatic N) is 1. The molecular formula is C19H13ClN2O. The lowest BCUT2D eigenvalue weighted by molar-refractivity contribution is 0.477. The third-order valence-corrected chi connectivity index (χ3v) is 4.02. The molecule has 0 spiro atoms. The molecule has 0 bridgehead atoms. The van der Waals surface area contributed by atoms with E-state index in [9.17, 15) is 5.11 Å². The Morgan fingerprint density at radius 2 is 1.65 bits per heavy atom. The Labute approximate surface area is 138 Å². The molecule has 0 saturated carbocycles. The van der Waals surface area contributed by atoms with E-state index < -0.39 is 0 Å². The van der Waals surface area contributed by atoms with Gasteiger partial charge in [-0.15, -0.1) is 0 Å². The van der Waals surface area contributed by atoms with Gasteiger partial charge in [0.1, 0.15) is 10.9 Å². The number of aromatic amines is 1. The fourth-order valence-corrected chi connectivity index (χ4v) is 2.94. The zero-order valence-electron chi connectivity index (χ0n) is 12.1. The van der Waals surface area contributed by atoms with Gasteiger partial charge >= 0.3 is 0 Å². The standard InChI is InChI=1S/C19H13ClN2O/c20-18-11-16-14(10-15(21-16)12-6-2-1-3-7-12)19(22-18)13-8-4-5-9-17(13)23/h1-11,21,23H. The number of hydrogen-bond donors (Lipinski definition) is 2. The van der Waals surface area contributed by atoms with Gasteiger partial charge in [0.15, 0.2) is 0 Å². The maximum Gasteiger partial charge on any atom is 0.131 e. The summed E-state index contributed by atoms with van der Waals surface area (Å²) in [6.07, 6.45) is 0. The highest BCUT2D eigenvalue weighted by atomic mass is 35.5. The van der Waals surface area contributed by atoms with Crippen molar-refractivity contribution in [2.75, 3.05) is 0 Å². The monoisotopic (exact) mass is 320 g/mol. The number of phenols is 1. The van der Waals surface area contributed by atoms with E-state index >= 15 is 0 Å². The van der Waals surface area contributed by atoms with E-state index in [2.05, 4.69) is 9.97 Å². The summed E-state index contributed by atoms with van der Waals surface area (Å²) >= 11 is 6.17. The quantitative estimate of drug-likeness (QED) is 0.495. The lowest BCUT2D eigenvalue weighted by Gasteiger charge is -2.05. The molecule has 0 radical (unpaired) electrons. The van der Waals surface area contributed by atoms with E-state index in [1.807, 2.05) is 48.5 Å². The third kappa shape index (κ3) is 2.45. The van der Waals surface area contributed by atoms with Crippen molar-refractivity contribution < 1.29 is 5.11 Å². The Morgan fingerprint density at radius 1 is 0.913 bits per heavy atom. The molecule has 0 saturated heterocycles. The van der Waals surface area contributed by atoms with Crippen molar-refractivity contribution in [2.24, 2.45) is 0 Å². The fraction of sp³-hybridized carbons (Fsp3) is 0. The zero-order chi connectivity index (χ0) is 15.8. The van der Waals surface area contributed by atoms with Crippen LogP contribution in [0.5, 0.6) is 5.75 Å². The highest BCUT2D eigenvalue weighted by Crippen LogP contribution is 2.36. The van der Waals surface area contributed by atoms with Gasteiger partial charge in [0.05, 0.1) is 11.2 Å². The van der Waals surface area contributed by atoms with Gasteiger partial charge in [0.25, 0.3) is 0 Å². The predicted octanol–water partition coefficient (Wildman–Crippen LogP) is 5.26. The van der Waals surface area contributed by atoms with Gasteiger partial charge in [-0.3, -0.25) is 0 Å². The van der Waals surface area contributed by atoms with Crippen LogP contribution in [0.3, 0.4) is 0 Å². The number of aromatic hydroxyl groups is 1. The van der Waals surface area contributed by atoms with Gasteiger partial charge in [0, 0.05) is 16.6 Å². The molecule has 0 unspecified atom stereocenters. The summed E-state index contributed by atoms with van der Waals surface area (Å²) in [5, 5.41) is 11.5. The van der Waals surface area contributed by atoms with E-state index in [-0.39, 0.29) is 5.75 Å². The summed E-state index contributed by atoms with van der Waals surface area (Å²) in [6.45, 7) is 0. The molecule has 2 aromatic carbocycles. The van der Waals surface area contributed by atoms with Crippen LogP contribution in [0.25, 0.3) is 33.4 Å². The fourth-order valence-electron chi connectivity index (χ4n) is 2.75. The van der Waals surface area contributed by atoms with Gasteiger partial charge in [-0.05, 0) is 29.8 Å². The molecule has 4 aromatic rings. The van der Waals surface area contributed by atoms with Crippen LogP contribution in [0, 0.1) is 0 Å². The van der Waals surface area contributed by atoms with Gasteiger partial charge in [-0.25, -0.2) is 4.98 Å². The lowest BCUT2D eigenvalue weighted by Crippen LogP contribution is -1.86. The number of phenolic OH excluding ortho intramolecular Hbond substituents is 1. The molecule has 0 amide bonds. The molecule has 0 aliphatic heterocycles.